The molecule has 0 spiro atoms. The molecule has 0 aliphatic rings. The molecule has 3 nitrogen and oxygen atoms in total. The van der Waals surface area contributed by atoms with E-state index in [1.54, 1.807) is 0 Å². The van der Waals surface area contributed by atoms with Gasteiger partial charge in [-0.2, -0.15) is 0 Å². The number of halogens is 1. The Morgan fingerprint density at radius 1 is 1.20 bits per heavy atom. The Kier molecular flexibility index (Phi) is 3.49. The molecule has 0 aliphatic heterocycles. The summed E-state index contributed by atoms with van der Waals surface area (Å²) < 4.78 is 3.20. The lowest BCUT2D eigenvalue weighted by molar-refractivity contribution is 0.753. The van der Waals surface area contributed by atoms with E-state index < -0.39 is 0 Å². The molecule has 102 valence electrons. The first kappa shape index (κ1) is 13.2. The van der Waals surface area contributed by atoms with Crippen LogP contribution in [0, 0.1) is 0 Å². The van der Waals surface area contributed by atoms with Gasteiger partial charge in [0.1, 0.15) is 5.82 Å². The number of fused-ring (bicyclic) bond motifs is 1. The summed E-state index contributed by atoms with van der Waals surface area (Å²) >= 11 is 3.43. The fourth-order valence-corrected chi connectivity index (χ4v) is 2.69. The largest absolute Gasteiger partial charge is 0.398 e. The van der Waals surface area contributed by atoms with E-state index in [1.807, 2.05) is 18.2 Å². The van der Waals surface area contributed by atoms with Gasteiger partial charge in [0.05, 0.1) is 11.0 Å². The molecule has 0 radical (unpaired) electrons. The van der Waals surface area contributed by atoms with E-state index in [0.29, 0.717) is 0 Å². The molecule has 0 unspecified atom stereocenters. The molecule has 0 saturated heterocycles. The van der Waals surface area contributed by atoms with Gasteiger partial charge < -0.3 is 10.3 Å². The molecule has 1 aromatic heterocycles. The van der Waals surface area contributed by atoms with Gasteiger partial charge in [0.15, 0.2) is 0 Å². The summed E-state index contributed by atoms with van der Waals surface area (Å²) in [6.45, 7) is 2.93. The third kappa shape index (κ3) is 2.31. The predicted molar refractivity (Wildman–Crippen MR) is 86.8 cm³/mol. The van der Waals surface area contributed by atoms with Crippen LogP contribution in [0.4, 0.5) is 5.69 Å². The molecule has 20 heavy (non-hydrogen) atoms. The number of nitrogens with zero attached hydrogens (tertiary/aromatic N) is 2. The van der Waals surface area contributed by atoms with Gasteiger partial charge in [-0.25, -0.2) is 4.98 Å². The van der Waals surface area contributed by atoms with Crippen LogP contribution in [0.25, 0.3) is 11.0 Å². The molecule has 2 N–H and O–H groups in total. The molecule has 0 bridgehead atoms. The van der Waals surface area contributed by atoms with Crippen LogP contribution in [0.5, 0.6) is 0 Å². The maximum atomic E-state index is 5.96. The average molecular weight is 330 g/mol. The number of anilines is 1. The van der Waals surface area contributed by atoms with E-state index in [0.717, 1.165) is 34.5 Å². The van der Waals surface area contributed by atoms with Crippen molar-refractivity contribution in [3.05, 3.63) is 58.3 Å². The second-order valence-electron chi connectivity index (χ2n) is 4.81. The van der Waals surface area contributed by atoms with Gasteiger partial charge in [-0.3, -0.25) is 0 Å². The first-order chi connectivity index (χ1) is 9.69. The average Bonchev–Trinajstić information content (AvgIpc) is 2.81. The molecule has 1 heterocycles. The first-order valence-corrected chi connectivity index (χ1v) is 7.46. The van der Waals surface area contributed by atoms with Crippen molar-refractivity contribution in [1.82, 2.24) is 9.55 Å². The summed E-state index contributed by atoms with van der Waals surface area (Å²) in [5.74, 6) is 1.10. The fourth-order valence-electron chi connectivity index (χ4n) is 2.45. The monoisotopic (exact) mass is 329 g/mol. The quantitative estimate of drug-likeness (QED) is 0.738. The highest BCUT2D eigenvalue weighted by Gasteiger charge is 2.09. The van der Waals surface area contributed by atoms with Crippen LogP contribution in [-0.2, 0) is 13.0 Å². The number of imidazole rings is 1. The standard InChI is InChI=1S/C16H16BrN3/c1-2-16-19-14-5-3-4-6-15(14)20(16)10-11-7-8-12(17)13(18)9-11/h3-9H,2,10,18H2,1H3. The van der Waals surface area contributed by atoms with Crippen molar-refractivity contribution in [2.75, 3.05) is 5.73 Å². The van der Waals surface area contributed by atoms with Gasteiger partial charge >= 0.3 is 0 Å². The molecule has 0 fully saturated rings. The molecule has 0 atom stereocenters. The van der Waals surface area contributed by atoms with Crippen molar-refractivity contribution in [3.8, 4) is 0 Å². The second-order valence-corrected chi connectivity index (χ2v) is 5.67. The zero-order valence-corrected chi connectivity index (χ0v) is 12.9. The molecular weight excluding hydrogens is 314 g/mol. The number of aromatic nitrogens is 2. The minimum Gasteiger partial charge on any atom is -0.398 e. The highest BCUT2D eigenvalue weighted by Crippen LogP contribution is 2.23. The van der Waals surface area contributed by atoms with Gasteiger partial charge in [-0.1, -0.05) is 25.1 Å². The Morgan fingerprint density at radius 2 is 2.00 bits per heavy atom. The van der Waals surface area contributed by atoms with Crippen LogP contribution in [0.1, 0.15) is 18.3 Å². The van der Waals surface area contributed by atoms with Crippen LogP contribution < -0.4 is 5.73 Å². The number of rotatable bonds is 3. The van der Waals surface area contributed by atoms with Gasteiger partial charge in [0.2, 0.25) is 0 Å². The third-order valence-electron chi connectivity index (χ3n) is 3.45. The van der Waals surface area contributed by atoms with E-state index in [9.17, 15) is 0 Å². The van der Waals surface area contributed by atoms with Crippen LogP contribution >= 0.6 is 15.9 Å². The number of aryl methyl sites for hydroxylation is 1. The Labute approximate surface area is 126 Å². The summed E-state index contributed by atoms with van der Waals surface area (Å²) in [6, 6.07) is 14.3. The van der Waals surface area contributed by atoms with Crippen molar-refractivity contribution >= 4 is 32.7 Å². The van der Waals surface area contributed by atoms with Crippen molar-refractivity contribution in [1.29, 1.82) is 0 Å². The summed E-state index contributed by atoms with van der Waals surface area (Å²) in [6.07, 6.45) is 0.917. The summed E-state index contributed by atoms with van der Waals surface area (Å²) in [5.41, 5.74) is 10.1. The van der Waals surface area contributed by atoms with Gasteiger partial charge in [0.25, 0.3) is 0 Å². The van der Waals surface area contributed by atoms with Crippen molar-refractivity contribution < 1.29 is 0 Å². The molecule has 2 aromatic carbocycles. The van der Waals surface area contributed by atoms with Crippen LogP contribution in [-0.4, -0.2) is 9.55 Å². The lowest BCUT2D eigenvalue weighted by atomic mass is 10.2. The van der Waals surface area contributed by atoms with Crippen molar-refractivity contribution in [2.24, 2.45) is 0 Å². The zero-order chi connectivity index (χ0) is 14.1. The van der Waals surface area contributed by atoms with Crippen LogP contribution in [0.15, 0.2) is 46.9 Å². The minimum absolute atomic E-state index is 0.768. The smallest absolute Gasteiger partial charge is 0.109 e. The minimum atomic E-state index is 0.768. The van der Waals surface area contributed by atoms with Gasteiger partial charge in [-0.05, 0) is 45.8 Å². The van der Waals surface area contributed by atoms with E-state index in [2.05, 4.69) is 56.7 Å². The number of hydrogen-bond acceptors (Lipinski definition) is 2. The Hall–Kier alpha value is -1.81. The maximum Gasteiger partial charge on any atom is 0.109 e. The molecule has 0 saturated carbocycles. The first-order valence-electron chi connectivity index (χ1n) is 6.67. The molecule has 3 rings (SSSR count). The summed E-state index contributed by atoms with van der Waals surface area (Å²) in [4.78, 5) is 4.69. The predicted octanol–water partition coefficient (Wildman–Crippen LogP) is 3.99. The number of benzene rings is 2. The Balaban J connectivity index is 2.07. The Morgan fingerprint density at radius 3 is 2.75 bits per heavy atom. The number of nitrogen functional groups attached to an aromatic ring is 1. The maximum absolute atomic E-state index is 5.96. The number of nitrogens with two attached hydrogens (primary N) is 1. The number of hydrogen-bond donors (Lipinski definition) is 1. The lowest BCUT2D eigenvalue weighted by Gasteiger charge is -2.09. The molecule has 4 heteroatoms. The van der Waals surface area contributed by atoms with E-state index >= 15 is 0 Å². The number of para-hydroxylation sites is 2. The van der Waals surface area contributed by atoms with Crippen molar-refractivity contribution in [2.45, 2.75) is 19.9 Å². The normalized spacial score (nSPS) is 11.1. The molecule has 0 amide bonds. The summed E-state index contributed by atoms with van der Waals surface area (Å²) in [5, 5.41) is 0. The van der Waals surface area contributed by atoms with E-state index in [-0.39, 0.29) is 0 Å². The summed E-state index contributed by atoms with van der Waals surface area (Å²) in [7, 11) is 0. The Bertz CT molecular complexity index is 762. The molecule has 0 aliphatic carbocycles. The van der Waals surface area contributed by atoms with Crippen LogP contribution in [0.3, 0.4) is 0 Å². The molecular formula is C16H16BrN3. The lowest BCUT2D eigenvalue weighted by Crippen LogP contribution is -2.05. The van der Waals surface area contributed by atoms with E-state index in [4.69, 9.17) is 5.73 Å². The fraction of sp³-hybridized carbons (Fsp3) is 0.188. The highest BCUT2D eigenvalue weighted by atomic mass is 79.9. The molecule has 3 aromatic rings. The second kappa shape index (κ2) is 5.29. The SMILES string of the molecule is CCc1nc2ccccc2n1Cc1ccc(Br)c(N)c1. The topological polar surface area (TPSA) is 43.8 Å². The zero-order valence-electron chi connectivity index (χ0n) is 11.3. The van der Waals surface area contributed by atoms with Gasteiger partial charge in [0, 0.05) is 23.1 Å². The highest BCUT2D eigenvalue weighted by molar-refractivity contribution is 9.10. The van der Waals surface area contributed by atoms with Gasteiger partial charge in [-0.15, -0.1) is 0 Å². The van der Waals surface area contributed by atoms with Crippen molar-refractivity contribution in [3.63, 3.8) is 0 Å². The van der Waals surface area contributed by atoms with E-state index in [1.165, 1.54) is 11.1 Å². The third-order valence-corrected chi connectivity index (χ3v) is 4.17. The van der Waals surface area contributed by atoms with Crippen LogP contribution in [0.2, 0.25) is 0 Å².